The molecule has 0 aromatic heterocycles. The van der Waals surface area contributed by atoms with Gasteiger partial charge in [0.05, 0.1) is 16.8 Å². The van der Waals surface area contributed by atoms with E-state index in [1.807, 2.05) is 0 Å². The van der Waals surface area contributed by atoms with Crippen LogP contribution in [0.4, 0.5) is 34.1 Å². The summed E-state index contributed by atoms with van der Waals surface area (Å²) in [4.78, 5) is 5.09. The third kappa shape index (κ3) is 6.83. The Labute approximate surface area is 465 Å². The lowest BCUT2D eigenvalue weighted by Gasteiger charge is -2.35. The average molecular weight is 1010 g/mol. The predicted octanol–water partition coefficient (Wildman–Crippen LogP) is 20.5. The smallest absolute Gasteiger partial charge is 0.0727 e. The monoisotopic (exact) mass is 1010 g/mol. The predicted molar refractivity (Wildman–Crippen MR) is 329 cm³/mol. The highest BCUT2D eigenvalue weighted by molar-refractivity contribution is 6.03. The summed E-state index contributed by atoms with van der Waals surface area (Å²) in [5.74, 6) is 2.09. The van der Waals surface area contributed by atoms with Crippen molar-refractivity contribution in [1.29, 1.82) is 0 Å². The van der Waals surface area contributed by atoms with Crippen molar-refractivity contribution < 1.29 is 0 Å². The maximum atomic E-state index is 2.66. The van der Waals surface area contributed by atoms with Gasteiger partial charge < -0.3 is 9.80 Å². The molecule has 2 bridgehead atoms. The molecule has 2 nitrogen and oxygen atoms in total. The Kier molecular flexibility index (Phi) is 10.4. The number of hydrogen-bond acceptors (Lipinski definition) is 2. The van der Waals surface area contributed by atoms with E-state index in [1.54, 1.807) is 0 Å². The lowest BCUT2D eigenvalue weighted by Crippen LogP contribution is -2.27. The number of anilines is 6. The van der Waals surface area contributed by atoms with Crippen molar-refractivity contribution in [3.8, 4) is 55.6 Å². The molecule has 0 N–H and O–H groups in total. The van der Waals surface area contributed by atoms with Gasteiger partial charge in [0.15, 0.2) is 0 Å². The molecule has 0 aliphatic heterocycles. The van der Waals surface area contributed by atoms with E-state index in [2.05, 4.69) is 285 Å². The van der Waals surface area contributed by atoms with Crippen molar-refractivity contribution >= 4 is 34.1 Å². The van der Waals surface area contributed by atoms with Gasteiger partial charge in [-0.3, -0.25) is 0 Å². The van der Waals surface area contributed by atoms with Crippen molar-refractivity contribution in [2.45, 2.75) is 56.3 Å². The van der Waals surface area contributed by atoms with Crippen LogP contribution in [0.2, 0.25) is 0 Å². The summed E-state index contributed by atoms with van der Waals surface area (Å²) in [5, 5.41) is 0. The first kappa shape index (κ1) is 46.1. The van der Waals surface area contributed by atoms with Gasteiger partial charge in [0.1, 0.15) is 0 Å². The van der Waals surface area contributed by atoms with Crippen LogP contribution in [0.3, 0.4) is 0 Å². The second kappa shape index (κ2) is 17.8. The van der Waals surface area contributed by atoms with Gasteiger partial charge in [0.25, 0.3) is 0 Å². The third-order valence-electron chi connectivity index (χ3n) is 19.1. The molecule has 4 atom stereocenters. The molecule has 0 heterocycles. The van der Waals surface area contributed by atoms with Crippen molar-refractivity contribution in [3.63, 3.8) is 0 Å². The van der Waals surface area contributed by atoms with Crippen LogP contribution in [0.5, 0.6) is 0 Å². The molecule has 0 radical (unpaired) electrons. The van der Waals surface area contributed by atoms with Gasteiger partial charge in [0, 0.05) is 39.3 Å². The molecule has 11 aromatic rings. The summed E-state index contributed by atoms with van der Waals surface area (Å²) in [7, 11) is 0. The molecule has 2 saturated carbocycles. The van der Waals surface area contributed by atoms with Gasteiger partial charge in [0.2, 0.25) is 0 Å². The van der Waals surface area contributed by atoms with Crippen molar-refractivity contribution in [1.82, 2.24) is 0 Å². The number of para-hydroxylation sites is 3. The first-order valence-corrected chi connectivity index (χ1v) is 28.7. The first-order chi connectivity index (χ1) is 38.9. The van der Waals surface area contributed by atoms with Crippen LogP contribution in [-0.2, 0) is 10.8 Å². The normalized spacial score (nSPS) is 19.1. The first-order valence-electron chi connectivity index (χ1n) is 28.7. The zero-order chi connectivity index (χ0) is 52.4. The third-order valence-corrected chi connectivity index (χ3v) is 19.1. The lowest BCUT2D eigenvalue weighted by molar-refractivity contribution is 0.420. The molecule has 4 unspecified atom stereocenters. The molecule has 16 rings (SSSR count). The van der Waals surface area contributed by atoms with E-state index < -0.39 is 5.41 Å². The fourth-order valence-electron chi connectivity index (χ4n) is 15.8. The largest absolute Gasteiger partial charge is 0.310 e. The summed E-state index contributed by atoms with van der Waals surface area (Å²) in [6, 6.07) is 99.1. The van der Waals surface area contributed by atoms with Crippen LogP contribution in [0, 0.1) is 11.8 Å². The summed E-state index contributed by atoms with van der Waals surface area (Å²) in [6.07, 6.45) is 5.34. The zero-order valence-corrected chi connectivity index (χ0v) is 44.8. The van der Waals surface area contributed by atoms with E-state index in [1.165, 1.54) is 126 Å². The SMILES string of the molecule is CC1(C)c2ccccc2-c2cc(N(c3ccccc3)c3cc4c(cc3-c3ccccc3C3CC5CCC3C5)-c3ccccc3C43c4ccccc4-c4cc(-c5ccccc5)c(N(c5ccccc5)c5ccccc5)cc43)ccc21. The number of fused-ring (bicyclic) bond motifs is 15. The minimum atomic E-state index is -0.665. The molecular formula is C77H60N2. The van der Waals surface area contributed by atoms with Crippen LogP contribution in [-0.4, -0.2) is 0 Å². The van der Waals surface area contributed by atoms with Crippen LogP contribution < -0.4 is 9.80 Å². The van der Waals surface area contributed by atoms with E-state index in [-0.39, 0.29) is 5.41 Å². The van der Waals surface area contributed by atoms with Crippen LogP contribution in [0.15, 0.2) is 261 Å². The molecule has 11 aromatic carbocycles. The fraction of sp³-hybridized carbons (Fsp3) is 0.143. The molecule has 378 valence electrons. The standard InChI is InChI=1S/C77H60N2/c1-76(2)68-36-20-17-33-59(68)64-45-56(41-42-69(64)76)79(55-29-13-6-14-30-55)75-49-73-66(47-67(75)58-32-16-15-31-57(58)62-44-50-39-40-52(62)43-50)61-35-19-22-38-71(61)77(73)70-37-21-18-34-60(70)65-46-63(51-23-7-3-8-24-51)74(48-72(65)77)78(53-25-9-4-10-26-53)54-27-11-5-12-28-54/h3-38,41-42,45-50,52,62H,39-40,43-44H2,1-2H3. The molecule has 0 saturated heterocycles. The van der Waals surface area contributed by atoms with E-state index in [9.17, 15) is 0 Å². The van der Waals surface area contributed by atoms with E-state index in [4.69, 9.17) is 0 Å². The summed E-state index contributed by atoms with van der Waals surface area (Å²) in [5.41, 5.74) is 28.4. The van der Waals surface area contributed by atoms with Crippen LogP contribution in [0.25, 0.3) is 55.6 Å². The quantitative estimate of drug-likeness (QED) is 0.142. The highest BCUT2D eigenvalue weighted by Gasteiger charge is 2.53. The number of nitrogens with zero attached hydrogens (tertiary/aromatic N) is 2. The maximum Gasteiger partial charge on any atom is 0.0727 e. The van der Waals surface area contributed by atoms with Crippen molar-refractivity contribution in [2.24, 2.45) is 11.8 Å². The van der Waals surface area contributed by atoms with E-state index in [0.29, 0.717) is 5.92 Å². The van der Waals surface area contributed by atoms with E-state index in [0.717, 1.165) is 40.3 Å². The molecule has 2 fully saturated rings. The Morgan fingerprint density at radius 1 is 0.316 bits per heavy atom. The van der Waals surface area contributed by atoms with E-state index >= 15 is 0 Å². The lowest BCUT2D eigenvalue weighted by atomic mass is 9.70. The van der Waals surface area contributed by atoms with Crippen LogP contribution >= 0.6 is 0 Å². The van der Waals surface area contributed by atoms with Gasteiger partial charge in [-0.1, -0.05) is 208 Å². The number of hydrogen-bond donors (Lipinski definition) is 0. The minimum absolute atomic E-state index is 0.113. The fourth-order valence-corrected chi connectivity index (χ4v) is 15.8. The Balaban J connectivity index is 1.02. The van der Waals surface area contributed by atoms with Gasteiger partial charge in [-0.15, -0.1) is 0 Å². The second-order valence-corrected chi connectivity index (χ2v) is 23.5. The molecular weight excluding hydrogens is 953 g/mol. The molecule has 1 spiro atoms. The van der Waals surface area contributed by atoms with Crippen LogP contribution in [0.1, 0.15) is 84.4 Å². The summed E-state index contributed by atoms with van der Waals surface area (Å²) >= 11 is 0. The molecule has 79 heavy (non-hydrogen) atoms. The van der Waals surface area contributed by atoms with Gasteiger partial charge >= 0.3 is 0 Å². The minimum Gasteiger partial charge on any atom is -0.310 e. The maximum absolute atomic E-state index is 2.66. The summed E-state index contributed by atoms with van der Waals surface area (Å²) < 4.78 is 0. The molecule has 2 heteroatoms. The average Bonchev–Trinajstić information content (AvgIpc) is 3.71. The molecule has 5 aliphatic rings. The molecule has 0 amide bonds. The summed E-state index contributed by atoms with van der Waals surface area (Å²) in [6.45, 7) is 4.78. The van der Waals surface area contributed by atoms with Crippen molar-refractivity contribution in [2.75, 3.05) is 9.80 Å². The van der Waals surface area contributed by atoms with Crippen molar-refractivity contribution in [3.05, 3.63) is 300 Å². The van der Waals surface area contributed by atoms with Gasteiger partial charge in [-0.2, -0.15) is 0 Å². The highest BCUT2D eigenvalue weighted by atomic mass is 15.2. The highest BCUT2D eigenvalue weighted by Crippen LogP contribution is 2.66. The Hall–Kier alpha value is -8.98. The number of rotatable bonds is 9. The number of benzene rings is 11. The van der Waals surface area contributed by atoms with Gasteiger partial charge in [-0.05, 0) is 193 Å². The second-order valence-electron chi connectivity index (χ2n) is 23.5. The Bertz CT molecular complexity index is 4160. The Morgan fingerprint density at radius 2 is 0.759 bits per heavy atom. The zero-order valence-electron chi connectivity index (χ0n) is 44.8. The molecule has 5 aliphatic carbocycles. The Morgan fingerprint density at radius 3 is 1.32 bits per heavy atom. The topological polar surface area (TPSA) is 6.48 Å². The van der Waals surface area contributed by atoms with Gasteiger partial charge in [-0.25, -0.2) is 0 Å².